The van der Waals surface area contributed by atoms with Crippen LogP contribution in [0.4, 0.5) is 0 Å². The van der Waals surface area contributed by atoms with Gasteiger partial charge in [-0.25, -0.2) is 0 Å². The highest BCUT2D eigenvalue weighted by molar-refractivity contribution is 5.93. The smallest absolute Gasteiger partial charge is 0.287 e. The van der Waals surface area contributed by atoms with Crippen LogP contribution < -0.4 is 10.7 Å². The van der Waals surface area contributed by atoms with E-state index in [0.29, 0.717) is 11.0 Å². The Morgan fingerprint density at radius 2 is 1.91 bits per heavy atom. The fourth-order valence-electron chi connectivity index (χ4n) is 2.22. The fourth-order valence-corrected chi connectivity index (χ4v) is 2.22. The monoisotopic (exact) mass is 294 g/mol. The molecule has 0 spiro atoms. The third-order valence-corrected chi connectivity index (χ3v) is 3.41. The molecule has 1 amide bonds. The van der Waals surface area contributed by atoms with Crippen LogP contribution in [0.1, 0.15) is 29.1 Å². The number of benzene rings is 1. The number of rotatable bonds is 3. The van der Waals surface area contributed by atoms with Crippen molar-refractivity contribution in [3.05, 3.63) is 76.4 Å². The average molecular weight is 294 g/mol. The Labute approximate surface area is 126 Å². The fraction of sp³-hybridized carbons (Fsp3) is 0.118. The molecule has 2 aromatic heterocycles. The molecule has 5 nitrogen and oxygen atoms in total. The van der Waals surface area contributed by atoms with Gasteiger partial charge in [-0.1, -0.05) is 12.1 Å². The molecule has 0 aliphatic rings. The summed E-state index contributed by atoms with van der Waals surface area (Å²) in [6.07, 6.45) is 3.32. The van der Waals surface area contributed by atoms with Gasteiger partial charge >= 0.3 is 0 Å². The topological polar surface area (TPSA) is 72.2 Å². The van der Waals surface area contributed by atoms with E-state index in [1.54, 1.807) is 36.7 Å². The summed E-state index contributed by atoms with van der Waals surface area (Å²) >= 11 is 0. The Hall–Kier alpha value is -2.95. The van der Waals surface area contributed by atoms with Crippen molar-refractivity contribution in [1.29, 1.82) is 0 Å². The van der Waals surface area contributed by atoms with Crippen molar-refractivity contribution >= 4 is 16.9 Å². The van der Waals surface area contributed by atoms with Crippen LogP contribution in [0.15, 0.2) is 64.1 Å². The molecule has 3 rings (SSSR count). The van der Waals surface area contributed by atoms with Crippen LogP contribution >= 0.6 is 0 Å². The number of fused-ring (bicyclic) bond motifs is 1. The molecule has 2 heterocycles. The van der Waals surface area contributed by atoms with Gasteiger partial charge in [-0.3, -0.25) is 14.6 Å². The number of carbonyl (C=O) groups is 1. The Morgan fingerprint density at radius 1 is 1.18 bits per heavy atom. The quantitative estimate of drug-likeness (QED) is 0.806. The van der Waals surface area contributed by atoms with E-state index in [9.17, 15) is 9.59 Å². The molecular weight excluding hydrogens is 280 g/mol. The van der Waals surface area contributed by atoms with E-state index in [1.165, 1.54) is 6.07 Å². The van der Waals surface area contributed by atoms with Crippen LogP contribution in [0.3, 0.4) is 0 Å². The number of carbonyl (C=O) groups excluding carboxylic acids is 1. The molecule has 110 valence electrons. The minimum absolute atomic E-state index is 0.00426. The lowest BCUT2D eigenvalue weighted by Gasteiger charge is -2.13. The normalized spacial score (nSPS) is 12.0. The second-order valence-electron chi connectivity index (χ2n) is 4.95. The van der Waals surface area contributed by atoms with Crippen molar-refractivity contribution in [2.75, 3.05) is 0 Å². The molecule has 0 aliphatic carbocycles. The lowest BCUT2D eigenvalue weighted by atomic mass is 10.1. The molecule has 0 radical (unpaired) electrons. The van der Waals surface area contributed by atoms with E-state index in [1.807, 2.05) is 19.1 Å². The highest BCUT2D eigenvalue weighted by Gasteiger charge is 2.15. The molecule has 1 N–H and O–H groups in total. The van der Waals surface area contributed by atoms with Gasteiger partial charge in [0, 0.05) is 18.5 Å². The highest BCUT2D eigenvalue weighted by atomic mass is 16.3. The summed E-state index contributed by atoms with van der Waals surface area (Å²) in [6, 6.07) is 11.5. The van der Waals surface area contributed by atoms with E-state index in [-0.39, 0.29) is 17.2 Å². The number of hydrogen-bond acceptors (Lipinski definition) is 4. The van der Waals surface area contributed by atoms with Gasteiger partial charge in [0.2, 0.25) is 0 Å². The van der Waals surface area contributed by atoms with Gasteiger partial charge < -0.3 is 9.73 Å². The van der Waals surface area contributed by atoms with Gasteiger partial charge in [-0.15, -0.1) is 0 Å². The maximum absolute atomic E-state index is 12.3. The summed E-state index contributed by atoms with van der Waals surface area (Å²) < 4.78 is 5.52. The summed E-state index contributed by atoms with van der Waals surface area (Å²) in [5.74, 6) is -0.420. The molecule has 3 aromatic rings. The van der Waals surface area contributed by atoms with Crippen LogP contribution in [0.5, 0.6) is 0 Å². The summed E-state index contributed by atoms with van der Waals surface area (Å²) in [5.41, 5.74) is 1.09. The molecule has 0 saturated heterocycles. The van der Waals surface area contributed by atoms with Crippen LogP contribution in [0.2, 0.25) is 0 Å². The minimum atomic E-state index is -0.424. The van der Waals surface area contributed by atoms with Gasteiger partial charge in [-0.2, -0.15) is 0 Å². The molecule has 1 aromatic carbocycles. The molecule has 0 bridgehead atoms. The number of hydrogen-bond donors (Lipinski definition) is 1. The summed E-state index contributed by atoms with van der Waals surface area (Å²) in [7, 11) is 0. The number of aromatic nitrogens is 1. The zero-order valence-corrected chi connectivity index (χ0v) is 11.9. The highest BCUT2D eigenvalue weighted by Crippen LogP contribution is 2.14. The lowest BCUT2D eigenvalue weighted by Crippen LogP contribution is -2.27. The number of nitrogens with one attached hydrogen (secondary N) is 1. The SMILES string of the molecule is C[C@H](NC(=O)c1cc(=O)c2ccccc2o1)c1ccncc1. The van der Waals surface area contributed by atoms with Crippen molar-refractivity contribution in [3.8, 4) is 0 Å². The molecule has 0 fully saturated rings. The van der Waals surface area contributed by atoms with E-state index < -0.39 is 5.91 Å². The van der Waals surface area contributed by atoms with E-state index >= 15 is 0 Å². The Kier molecular flexibility index (Phi) is 3.70. The molecule has 5 heteroatoms. The number of nitrogens with zero attached hydrogens (tertiary/aromatic N) is 1. The first-order chi connectivity index (χ1) is 10.6. The summed E-state index contributed by atoms with van der Waals surface area (Å²) in [4.78, 5) is 28.2. The van der Waals surface area contributed by atoms with Gasteiger partial charge in [0.05, 0.1) is 11.4 Å². The first-order valence-electron chi connectivity index (χ1n) is 6.89. The number of pyridine rings is 1. The van der Waals surface area contributed by atoms with Crippen LogP contribution in [0.25, 0.3) is 11.0 Å². The lowest BCUT2D eigenvalue weighted by molar-refractivity contribution is 0.0912. The predicted octanol–water partition coefficient (Wildman–Crippen LogP) is 2.68. The van der Waals surface area contributed by atoms with Crippen molar-refractivity contribution in [1.82, 2.24) is 10.3 Å². The van der Waals surface area contributed by atoms with Crippen molar-refractivity contribution in [2.24, 2.45) is 0 Å². The Morgan fingerprint density at radius 3 is 2.68 bits per heavy atom. The largest absolute Gasteiger partial charge is 0.451 e. The maximum Gasteiger partial charge on any atom is 0.287 e. The zero-order chi connectivity index (χ0) is 15.5. The van der Waals surface area contributed by atoms with Gasteiger partial charge in [0.25, 0.3) is 5.91 Å². The third-order valence-electron chi connectivity index (χ3n) is 3.41. The third kappa shape index (κ3) is 2.74. The van der Waals surface area contributed by atoms with E-state index in [2.05, 4.69) is 10.3 Å². The molecule has 22 heavy (non-hydrogen) atoms. The van der Waals surface area contributed by atoms with Gasteiger partial charge in [0.1, 0.15) is 5.58 Å². The molecular formula is C17H14N2O3. The van der Waals surface area contributed by atoms with Crippen LogP contribution in [-0.4, -0.2) is 10.9 Å². The number of para-hydroxylation sites is 1. The van der Waals surface area contributed by atoms with Gasteiger partial charge in [0.15, 0.2) is 11.2 Å². The molecule has 0 aliphatic heterocycles. The van der Waals surface area contributed by atoms with Crippen molar-refractivity contribution in [3.63, 3.8) is 0 Å². The molecule has 0 unspecified atom stereocenters. The average Bonchev–Trinajstić information content (AvgIpc) is 2.55. The van der Waals surface area contributed by atoms with E-state index in [4.69, 9.17) is 4.42 Å². The summed E-state index contributed by atoms with van der Waals surface area (Å²) in [6.45, 7) is 1.85. The standard InChI is InChI=1S/C17H14N2O3/c1-11(12-6-8-18-9-7-12)19-17(21)16-10-14(20)13-4-2-3-5-15(13)22-16/h2-11H,1H3,(H,19,21)/t11-/m0/s1. The maximum atomic E-state index is 12.3. The molecule has 1 atom stereocenters. The number of amides is 1. The summed E-state index contributed by atoms with van der Waals surface area (Å²) in [5, 5.41) is 3.26. The first kappa shape index (κ1) is 14.0. The second kappa shape index (κ2) is 5.81. The Bertz CT molecular complexity index is 872. The Balaban J connectivity index is 1.88. The second-order valence-corrected chi connectivity index (χ2v) is 4.95. The minimum Gasteiger partial charge on any atom is -0.451 e. The predicted molar refractivity (Wildman–Crippen MR) is 82.6 cm³/mol. The van der Waals surface area contributed by atoms with Crippen molar-refractivity contribution < 1.29 is 9.21 Å². The first-order valence-corrected chi connectivity index (χ1v) is 6.89. The van der Waals surface area contributed by atoms with Crippen molar-refractivity contribution in [2.45, 2.75) is 13.0 Å². The molecule has 0 saturated carbocycles. The van der Waals surface area contributed by atoms with Crippen LogP contribution in [-0.2, 0) is 0 Å². The van der Waals surface area contributed by atoms with E-state index in [0.717, 1.165) is 5.56 Å². The van der Waals surface area contributed by atoms with Crippen LogP contribution in [0, 0.1) is 0 Å². The zero-order valence-electron chi connectivity index (χ0n) is 11.9. The van der Waals surface area contributed by atoms with Gasteiger partial charge in [-0.05, 0) is 36.8 Å².